The quantitative estimate of drug-likeness (QED) is 0.396. The summed E-state index contributed by atoms with van der Waals surface area (Å²) in [5, 5.41) is 52.5. The molecule has 0 unspecified atom stereocenters. The molecule has 1 heterocycles. The van der Waals surface area contributed by atoms with Gasteiger partial charge in [-0.25, -0.2) is 0 Å². The summed E-state index contributed by atoms with van der Waals surface area (Å²) in [4.78, 5) is 11.3. The van der Waals surface area contributed by atoms with Crippen LogP contribution in [0.25, 0.3) is 0 Å². The lowest BCUT2D eigenvalue weighted by Crippen LogP contribution is -2.55. The number of hydrogen-bond acceptors (Lipinski definition) is 7. The summed E-state index contributed by atoms with van der Waals surface area (Å²) in [6, 6.07) is 12.7. The van der Waals surface area contributed by atoms with Gasteiger partial charge in [0.05, 0.1) is 13.2 Å². The number of benzene rings is 2. The van der Waals surface area contributed by atoms with E-state index in [1.807, 2.05) is 24.3 Å². The zero-order valence-corrected chi connectivity index (χ0v) is 16.6. The van der Waals surface area contributed by atoms with Crippen molar-refractivity contribution in [1.29, 1.82) is 0 Å². The first-order valence-corrected chi connectivity index (χ1v) is 9.73. The van der Waals surface area contributed by atoms with E-state index in [1.165, 1.54) is 6.92 Å². The van der Waals surface area contributed by atoms with E-state index in [1.54, 1.807) is 18.2 Å². The highest BCUT2D eigenvalue weighted by Gasteiger charge is 2.44. The molecule has 1 amide bonds. The number of nitrogens with one attached hydrogen (secondary N) is 1. The lowest BCUT2D eigenvalue weighted by atomic mass is 9.88. The largest absolute Gasteiger partial charge is 0.394 e. The van der Waals surface area contributed by atoms with Gasteiger partial charge in [0.1, 0.15) is 30.5 Å². The van der Waals surface area contributed by atoms with Gasteiger partial charge in [0, 0.05) is 12.6 Å². The summed E-state index contributed by atoms with van der Waals surface area (Å²) in [5.74, 6) is -0.163. The molecule has 0 bridgehead atoms. The van der Waals surface area contributed by atoms with Crippen molar-refractivity contribution >= 4 is 11.6 Å². The molecule has 2 aromatic carbocycles. The van der Waals surface area contributed by atoms with E-state index in [-0.39, 0.29) is 12.5 Å². The van der Waals surface area contributed by atoms with Crippen LogP contribution in [-0.4, -0.2) is 62.5 Å². The van der Waals surface area contributed by atoms with E-state index >= 15 is 0 Å². The van der Waals surface area contributed by atoms with Crippen molar-refractivity contribution in [2.45, 2.75) is 50.5 Å². The molecule has 8 nitrogen and oxygen atoms in total. The Bertz CT molecular complexity index is 886. The van der Waals surface area contributed by atoms with Gasteiger partial charge >= 0.3 is 0 Å². The normalized spacial score (nSPS) is 26.4. The van der Waals surface area contributed by atoms with Gasteiger partial charge in [0.2, 0.25) is 5.91 Å². The predicted octanol–water partition coefficient (Wildman–Crippen LogP) is 0.243. The molecule has 3 rings (SSSR count). The van der Waals surface area contributed by atoms with Gasteiger partial charge < -0.3 is 35.6 Å². The first kappa shape index (κ1) is 22.4. The Labute approximate surface area is 174 Å². The number of hydrogen-bond donors (Lipinski definition) is 6. The highest BCUT2D eigenvalue weighted by molar-refractivity contribution is 5.88. The fraction of sp³-hybridized carbons (Fsp3) is 0.409. The monoisotopic (exact) mass is 417 g/mol. The minimum absolute atomic E-state index is 0.163. The molecule has 2 aromatic rings. The van der Waals surface area contributed by atoms with Gasteiger partial charge in [-0.15, -0.1) is 0 Å². The summed E-state index contributed by atoms with van der Waals surface area (Å²) in [5.41, 5.74) is 3.47. The number of rotatable bonds is 6. The average Bonchev–Trinajstić information content (AvgIpc) is 2.72. The van der Waals surface area contributed by atoms with Crippen LogP contribution < -0.4 is 5.32 Å². The Morgan fingerprint density at radius 3 is 2.40 bits per heavy atom. The predicted molar refractivity (Wildman–Crippen MR) is 109 cm³/mol. The van der Waals surface area contributed by atoms with E-state index < -0.39 is 37.1 Å². The Hall–Kier alpha value is -2.33. The summed E-state index contributed by atoms with van der Waals surface area (Å²) in [6.45, 7) is 0.612. The van der Waals surface area contributed by atoms with Crippen molar-refractivity contribution in [3.05, 3.63) is 64.7 Å². The third kappa shape index (κ3) is 4.86. The topological polar surface area (TPSA) is 139 Å². The van der Waals surface area contributed by atoms with E-state index in [2.05, 4.69) is 5.32 Å². The van der Waals surface area contributed by atoms with Gasteiger partial charge in [0.25, 0.3) is 0 Å². The maximum absolute atomic E-state index is 11.3. The molecule has 1 aliphatic heterocycles. The number of ether oxygens (including phenoxy) is 1. The van der Waals surface area contributed by atoms with Crippen molar-refractivity contribution in [2.75, 3.05) is 11.9 Å². The number of anilines is 1. The smallest absolute Gasteiger partial charge is 0.221 e. The lowest BCUT2D eigenvalue weighted by molar-refractivity contribution is -0.232. The van der Waals surface area contributed by atoms with Crippen LogP contribution in [0, 0.1) is 0 Å². The molecule has 0 spiro atoms. The SMILES string of the molecule is CC(=O)Nc1cccc(Cc2ccc(CO)c([C@@H]3O[C@H](CO)[C@@H](O)[C@H](O)[C@H]3O)c2)c1. The second-order valence-corrected chi connectivity index (χ2v) is 7.50. The fourth-order valence-corrected chi connectivity index (χ4v) is 3.72. The second-order valence-electron chi connectivity index (χ2n) is 7.50. The van der Waals surface area contributed by atoms with Crippen molar-refractivity contribution in [3.63, 3.8) is 0 Å². The van der Waals surface area contributed by atoms with Crippen molar-refractivity contribution in [3.8, 4) is 0 Å². The minimum atomic E-state index is -1.49. The Morgan fingerprint density at radius 1 is 1.00 bits per heavy atom. The number of amides is 1. The van der Waals surface area contributed by atoms with Gasteiger partial charge in [0.15, 0.2) is 0 Å². The lowest BCUT2D eigenvalue weighted by Gasteiger charge is -2.40. The molecule has 1 aliphatic rings. The van der Waals surface area contributed by atoms with Crippen LogP contribution in [0.5, 0.6) is 0 Å². The van der Waals surface area contributed by atoms with Crippen LogP contribution in [0.1, 0.15) is 35.3 Å². The standard InChI is InChI=1S/C22H27NO7/c1-12(26)23-16-4-2-3-13(8-16)7-14-5-6-15(10-24)17(9-14)22-21(29)20(28)19(27)18(11-25)30-22/h2-6,8-9,18-22,24-25,27-29H,7,10-11H2,1H3,(H,23,26)/t18-,19-,20+,21-,22+/m1/s1. The third-order valence-electron chi connectivity index (χ3n) is 5.24. The molecule has 5 atom stereocenters. The van der Waals surface area contributed by atoms with E-state index in [4.69, 9.17) is 4.74 Å². The molecule has 0 aromatic heterocycles. The van der Waals surface area contributed by atoms with Gasteiger partial charge in [-0.1, -0.05) is 30.3 Å². The third-order valence-corrected chi connectivity index (χ3v) is 5.24. The first-order valence-electron chi connectivity index (χ1n) is 9.73. The molecule has 6 N–H and O–H groups in total. The van der Waals surface area contributed by atoms with Crippen LogP contribution in [0.15, 0.2) is 42.5 Å². The van der Waals surface area contributed by atoms with Crippen molar-refractivity contribution in [1.82, 2.24) is 0 Å². The molecule has 0 aliphatic carbocycles. The molecule has 0 radical (unpaired) electrons. The maximum Gasteiger partial charge on any atom is 0.221 e. The number of aliphatic hydroxyl groups excluding tert-OH is 5. The Balaban J connectivity index is 1.90. The number of aliphatic hydroxyl groups is 5. The first-order chi connectivity index (χ1) is 14.3. The van der Waals surface area contributed by atoms with Crippen LogP contribution in [0.2, 0.25) is 0 Å². The van der Waals surface area contributed by atoms with Gasteiger partial charge in [-0.05, 0) is 40.8 Å². The number of carbonyl (C=O) groups is 1. The molecule has 1 fully saturated rings. The van der Waals surface area contributed by atoms with Crippen LogP contribution in [-0.2, 0) is 22.6 Å². The van der Waals surface area contributed by atoms with Crippen LogP contribution >= 0.6 is 0 Å². The number of carbonyl (C=O) groups excluding carboxylic acids is 1. The zero-order chi connectivity index (χ0) is 21.8. The summed E-state index contributed by atoms with van der Waals surface area (Å²) < 4.78 is 5.66. The summed E-state index contributed by atoms with van der Waals surface area (Å²) >= 11 is 0. The maximum atomic E-state index is 11.3. The van der Waals surface area contributed by atoms with Gasteiger partial charge in [-0.2, -0.15) is 0 Å². The van der Waals surface area contributed by atoms with Crippen molar-refractivity contribution < 1.29 is 35.1 Å². The van der Waals surface area contributed by atoms with Crippen LogP contribution in [0.3, 0.4) is 0 Å². The fourth-order valence-electron chi connectivity index (χ4n) is 3.72. The highest BCUT2D eigenvalue weighted by Crippen LogP contribution is 2.35. The van der Waals surface area contributed by atoms with E-state index in [0.29, 0.717) is 23.2 Å². The molecular weight excluding hydrogens is 390 g/mol. The Kier molecular flexibility index (Phi) is 7.19. The summed E-state index contributed by atoms with van der Waals surface area (Å²) in [6.07, 6.45) is -5.90. The van der Waals surface area contributed by atoms with Gasteiger partial charge in [-0.3, -0.25) is 4.79 Å². The molecular formula is C22H27NO7. The zero-order valence-electron chi connectivity index (χ0n) is 16.6. The molecule has 0 saturated carbocycles. The Morgan fingerprint density at radius 2 is 1.73 bits per heavy atom. The van der Waals surface area contributed by atoms with Crippen molar-refractivity contribution in [2.24, 2.45) is 0 Å². The highest BCUT2D eigenvalue weighted by atomic mass is 16.5. The molecule has 30 heavy (non-hydrogen) atoms. The summed E-state index contributed by atoms with van der Waals surface area (Å²) in [7, 11) is 0. The van der Waals surface area contributed by atoms with E-state index in [9.17, 15) is 30.3 Å². The molecule has 162 valence electrons. The minimum Gasteiger partial charge on any atom is -0.394 e. The molecule has 8 heteroatoms. The van der Waals surface area contributed by atoms with Crippen LogP contribution in [0.4, 0.5) is 5.69 Å². The average molecular weight is 417 g/mol. The molecule has 1 saturated heterocycles. The second kappa shape index (κ2) is 9.65. The van der Waals surface area contributed by atoms with E-state index in [0.717, 1.165) is 11.1 Å².